The minimum atomic E-state index is -0.425. The van der Waals surface area contributed by atoms with Crippen molar-refractivity contribution in [2.45, 2.75) is 13.0 Å². The van der Waals surface area contributed by atoms with Gasteiger partial charge in [0.25, 0.3) is 5.91 Å². The number of piperazine rings is 1. The van der Waals surface area contributed by atoms with E-state index in [4.69, 9.17) is 5.73 Å². The third-order valence-electron chi connectivity index (χ3n) is 5.78. The van der Waals surface area contributed by atoms with Crippen molar-refractivity contribution in [3.63, 3.8) is 0 Å². The van der Waals surface area contributed by atoms with Gasteiger partial charge in [0.1, 0.15) is 0 Å². The molecule has 2 aromatic rings. The van der Waals surface area contributed by atoms with Gasteiger partial charge in [-0.25, -0.2) is 0 Å². The number of para-hydroxylation sites is 1. The standard InChI is InChI=1S/C20H28N6O/c1-23-18-7-8-25(15-17(18)19(22-23)20(21)27)10-9-24-11-13-26(14-12-24)16-5-3-2-4-6-16/h2-6H,7-15H2,1H3,(H2,21,27). The highest BCUT2D eigenvalue weighted by molar-refractivity contribution is 5.92. The number of primary amides is 1. The van der Waals surface area contributed by atoms with Crippen molar-refractivity contribution in [3.8, 4) is 0 Å². The molecule has 27 heavy (non-hydrogen) atoms. The summed E-state index contributed by atoms with van der Waals surface area (Å²) in [6.45, 7) is 8.17. The molecule has 7 nitrogen and oxygen atoms in total. The molecule has 0 saturated carbocycles. The summed E-state index contributed by atoms with van der Waals surface area (Å²) in [6, 6.07) is 10.6. The van der Waals surface area contributed by atoms with Gasteiger partial charge in [-0.3, -0.25) is 19.3 Å². The van der Waals surface area contributed by atoms with Crippen molar-refractivity contribution >= 4 is 11.6 Å². The summed E-state index contributed by atoms with van der Waals surface area (Å²) in [5.41, 5.74) is 9.43. The summed E-state index contributed by atoms with van der Waals surface area (Å²) in [4.78, 5) is 19.1. The number of fused-ring (bicyclic) bond motifs is 1. The molecule has 2 aliphatic heterocycles. The van der Waals surface area contributed by atoms with Crippen LogP contribution in [0.15, 0.2) is 30.3 Å². The molecule has 7 heteroatoms. The fourth-order valence-electron chi connectivity index (χ4n) is 4.19. The van der Waals surface area contributed by atoms with Gasteiger partial charge in [0.05, 0.1) is 0 Å². The molecule has 4 rings (SSSR count). The monoisotopic (exact) mass is 368 g/mol. The van der Waals surface area contributed by atoms with Crippen LogP contribution in [-0.4, -0.2) is 71.3 Å². The van der Waals surface area contributed by atoms with E-state index in [-0.39, 0.29) is 0 Å². The molecule has 0 spiro atoms. The van der Waals surface area contributed by atoms with Crippen LogP contribution in [0.5, 0.6) is 0 Å². The second-order valence-corrected chi connectivity index (χ2v) is 7.45. The molecule has 1 amide bonds. The highest BCUT2D eigenvalue weighted by atomic mass is 16.1. The molecular weight excluding hydrogens is 340 g/mol. The maximum absolute atomic E-state index is 11.7. The maximum atomic E-state index is 11.7. The van der Waals surface area contributed by atoms with Crippen molar-refractivity contribution in [1.82, 2.24) is 19.6 Å². The van der Waals surface area contributed by atoms with Gasteiger partial charge >= 0.3 is 0 Å². The highest BCUT2D eigenvalue weighted by Gasteiger charge is 2.26. The predicted octanol–water partition coefficient (Wildman–Crippen LogP) is 0.699. The van der Waals surface area contributed by atoms with Crippen LogP contribution in [-0.2, 0) is 20.0 Å². The van der Waals surface area contributed by atoms with Crippen LogP contribution in [0.2, 0.25) is 0 Å². The number of benzene rings is 1. The molecule has 0 bridgehead atoms. The molecule has 2 N–H and O–H groups in total. The topological polar surface area (TPSA) is 70.6 Å². The van der Waals surface area contributed by atoms with E-state index in [9.17, 15) is 4.79 Å². The lowest BCUT2D eigenvalue weighted by atomic mass is 10.0. The van der Waals surface area contributed by atoms with E-state index in [1.54, 1.807) is 0 Å². The molecule has 1 aromatic carbocycles. The number of rotatable bonds is 5. The van der Waals surface area contributed by atoms with E-state index in [1.807, 2.05) is 11.7 Å². The Kier molecular flexibility index (Phi) is 5.13. The van der Waals surface area contributed by atoms with Crippen LogP contribution in [0, 0.1) is 0 Å². The minimum absolute atomic E-state index is 0.425. The number of nitrogens with two attached hydrogens (primary N) is 1. The highest BCUT2D eigenvalue weighted by Crippen LogP contribution is 2.22. The third-order valence-corrected chi connectivity index (χ3v) is 5.78. The van der Waals surface area contributed by atoms with E-state index in [0.717, 1.165) is 70.0 Å². The molecule has 1 fully saturated rings. The fourth-order valence-corrected chi connectivity index (χ4v) is 4.19. The van der Waals surface area contributed by atoms with Gasteiger partial charge in [0, 0.05) is 82.8 Å². The summed E-state index contributed by atoms with van der Waals surface area (Å²) in [7, 11) is 1.90. The predicted molar refractivity (Wildman–Crippen MR) is 106 cm³/mol. The molecule has 1 aromatic heterocycles. The van der Waals surface area contributed by atoms with E-state index >= 15 is 0 Å². The second kappa shape index (κ2) is 7.70. The lowest BCUT2D eigenvalue weighted by Gasteiger charge is -2.37. The van der Waals surface area contributed by atoms with Gasteiger partial charge in [-0.05, 0) is 12.1 Å². The van der Waals surface area contributed by atoms with Crippen LogP contribution in [0.1, 0.15) is 21.7 Å². The quantitative estimate of drug-likeness (QED) is 0.841. The third kappa shape index (κ3) is 3.84. The van der Waals surface area contributed by atoms with E-state index in [0.29, 0.717) is 5.69 Å². The van der Waals surface area contributed by atoms with E-state index < -0.39 is 5.91 Å². The molecule has 0 unspecified atom stereocenters. The molecule has 0 radical (unpaired) electrons. The lowest BCUT2D eigenvalue weighted by molar-refractivity contribution is 0.0992. The Morgan fingerprint density at radius 2 is 1.74 bits per heavy atom. The number of aryl methyl sites for hydroxylation is 1. The van der Waals surface area contributed by atoms with Gasteiger partial charge in [-0.1, -0.05) is 18.2 Å². The van der Waals surface area contributed by atoms with Gasteiger partial charge in [-0.15, -0.1) is 0 Å². The number of hydrogen-bond donors (Lipinski definition) is 1. The Bertz CT molecular complexity index is 794. The van der Waals surface area contributed by atoms with Crippen molar-refractivity contribution in [3.05, 3.63) is 47.3 Å². The zero-order chi connectivity index (χ0) is 18.8. The summed E-state index contributed by atoms with van der Waals surface area (Å²) in [5.74, 6) is -0.425. The lowest BCUT2D eigenvalue weighted by Crippen LogP contribution is -2.48. The number of amides is 1. The normalized spacial score (nSPS) is 18.5. The van der Waals surface area contributed by atoms with Crippen LogP contribution in [0.3, 0.4) is 0 Å². The smallest absolute Gasteiger partial charge is 0.269 e. The molecule has 3 heterocycles. The van der Waals surface area contributed by atoms with Crippen molar-refractivity contribution in [1.29, 1.82) is 0 Å². The van der Waals surface area contributed by atoms with E-state index in [2.05, 4.69) is 50.1 Å². The van der Waals surface area contributed by atoms with Crippen LogP contribution in [0.25, 0.3) is 0 Å². The minimum Gasteiger partial charge on any atom is -0.369 e. The van der Waals surface area contributed by atoms with Crippen molar-refractivity contribution < 1.29 is 4.79 Å². The Morgan fingerprint density at radius 3 is 2.44 bits per heavy atom. The first-order valence-corrected chi connectivity index (χ1v) is 9.71. The van der Waals surface area contributed by atoms with E-state index in [1.165, 1.54) is 5.69 Å². The average Bonchev–Trinajstić information content (AvgIpc) is 3.04. The summed E-state index contributed by atoms with van der Waals surface area (Å²) >= 11 is 0. The largest absolute Gasteiger partial charge is 0.369 e. The zero-order valence-electron chi connectivity index (χ0n) is 16.0. The van der Waals surface area contributed by atoms with Crippen molar-refractivity contribution in [2.24, 2.45) is 12.8 Å². The van der Waals surface area contributed by atoms with Crippen LogP contribution >= 0.6 is 0 Å². The van der Waals surface area contributed by atoms with Gasteiger partial charge in [-0.2, -0.15) is 5.10 Å². The molecular formula is C20H28N6O. The van der Waals surface area contributed by atoms with Crippen LogP contribution in [0.4, 0.5) is 5.69 Å². The van der Waals surface area contributed by atoms with Gasteiger partial charge in [0.15, 0.2) is 5.69 Å². The zero-order valence-corrected chi connectivity index (χ0v) is 16.0. The van der Waals surface area contributed by atoms with Gasteiger partial charge < -0.3 is 10.6 Å². The molecule has 2 aliphatic rings. The average molecular weight is 368 g/mol. The summed E-state index contributed by atoms with van der Waals surface area (Å²) in [6.07, 6.45) is 0.925. The summed E-state index contributed by atoms with van der Waals surface area (Å²) in [5, 5.41) is 4.31. The molecule has 0 atom stereocenters. The molecule has 1 saturated heterocycles. The Balaban J connectivity index is 1.29. The number of hydrogen-bond acceptors (Lipinski definition) is 5. The SMILES string of the molecule is Cn1nc(C(N)=O)c2c1CCN(CCN1CCN(c3ccccc3)CC1)C2. The van der Waals surface area contributed by atoms with Crippen molar-refractivity contribution in [2.75, 3.05) is 50.7 Å². The number of carbonyl (C=O) groups excluding carboxylic acids is 1. The number of aromatic nitrogens is 2. The Morgan fingerprint density at radius 1 is 1.04 bits per heavy atom. The first-order chi connectivity index (χ1) is 13.1. The molecule has 0 aliphatic carbocycles. The van der Waals surface area contributed by atoms with Crippen LogP contribution < -0.4 is 10.6 Å². The number of carbonyl (C=O) groups is 1. The first kappa shape index (κ1) is 18.0. The Hall–Kier alpha value is -2.38. The first-order valence-electron chi connectivity index (χ1n) is 9.71. The Labute approximate surface area is 160 Å². The fraction of sp³-hybridized carbons (Fsp3) is 0.500. The number of anilines is 1. The maximum Gasteiger partial charge on any atom is 0.269 e. The second-order valence-electron chi connectivity index (χ2n) is 7.45. The van der Waals surface area contributed by atoms with Gasteiger partial charge in [0.2, 0.25) is 0 Å². The molecule has 144 valence electrons. The summed E-state index contributed by atoms with van der Waals surface area (Å²) < 4.78 is 1.82. The number of nitrogens with zero attached hydrogens (tertiary/aromatic N) is 5.